The van der Waals surface area contributed by atoms with Gasteiger partial charge in [-0.1, -0.05) is 48.5 Å². The molecule has 2 aliphatic rings. The number of likely N-dealkylation sites (tertiary alicyclic amines) is 1. The van der Waals surface area contributed by atoms with Gasteiger partial charge >= 0.3 is 12.1 Å². The van der Waals surface area contributed by atoms with Gasteiger partial charge in [0.05, 0.1) is 4.92 Å². The summed E-state index contributed by atoms with van der Waals surface area (Å²) in [5.74, 6) is -0.459. The van der Waals surface area contributed by atoms with Crippen LogP contribution in [-0.2, 0) is 9.53 Å². The second-order valence-electron chi connectivity index (χ2n) is 8.33. The molecule has 1 aliphatic carbocycles. The molecule has 34 heavy (non-hydrogen) atoms. The zero-order valence-corrected chi connectivity index (χ0v) is 18.3. The minimum atomic E-state index is -0.758. The number of amides is 1. The van der Waals surface area contributed by atoms with Crippen LogP contribution >= 0.6 is 0 Å². The van der Waals surface area contributed by atoms with Gasteiger partial charge < -0.3 is 9.47 Å². The fraction of sp³-hybridized carbons (Fsp3) is 0.231. The Hall–Kier alpha value is -4.20. The quantitative estimate of drug-likeness (QED) is 0.233. The van der Waals surface area contributed by atoms with E-state index in [1.54, 1.807) is 0 Å². The molecule has 8 nitrogen and oxygen atoms in total. The lowest BCUT2D eigenvalue weighted by atomic mass is 9.98. The molecule has 1 saturated heterocycles. The van der Waals surface area contributed by atoms with Crippen molar-refractivity contribution in [2.75, 3.05) is 13.2 Å². The van der Waals surface area contributed by atoms with Gasteiger partial charge in [0.15, 0.2) is 0 Å². The highest BCUT2D eigenvalue weighted by Crippen LogP contribution is 2.44. The van der Waals surface area contributed by atoms with Gasteiger partial charge in [0.25, 0.3) is 5.69 Å². The van der Waals surface area contributed by atoms with Crippen molar-refractivity contribution in [3.63, 3.8) is 0 Å². The normalized spacial score (nSPS) is 16.6. The fourth-order valence-corrected chi connectivity index (χ4v) is 4.73. The molecule has 0 unspecified atom stereocenters. The number of rotatable bonds is 5. The molecule has 0 radical (unpaired) electrons. The largest absolute Gasteiger partial charge is 0.448 e. The second-order valence-corrected chi connectivity index (χ2v) is 8.33. The molecular weight excluding hydrogens is 436 g/mol. The lowest BCUT2D eigenvalue weighted by Crippen LogP contribution is -2.43. The van der Waals surface area contributed by atoms with E-state index in [9.17, 15) is 19.7 Å². The molecule has 5 rings (SSSR count). The SMILES string of the molecule is O=C(Oc1ccc([N+](=O)[O-])cc1)[C@@H]1CCCN1C(=O)OCC1c2ccccc2-c2ccccc21. The summed E-state index contributed by atoms with van der Waals surface area (Å²) < 4.78 is 11.1. The standard InChI is InChI=1S/C26H22N2O6/c29-25(34-18-13-11-17(12-14-18)28(31)32)24-10-5-15-27(24)26(30)33-16-23-21-8-3-1-6-19(21)20-7-2-4-9-22(20)23/h1-4,6-9,11-14,23-24H,5,10,15-16H2/t24-/m0/s1. The molecule has 1 fully saturated rings. The van der Waals surface area contributed by atoms with Crippen LogP contribution in [0, 0.1) is 10.1 Å². The minimum Gasteiger partial charge on any atom is -0.448 e. The van der Waals surface area contributed by atoms with Crippen molar-refractivity contribution in [3.05, 3.63) is 94.0 Å². The third-order valence-corrected chi connectivity index (χ3v) is 6.36. The summed E-state index contributed by atoms with van der Waals surface area (Å²) in [5, 5.41) is 10.8. The summed E-state index contributed by atoms with van der Waals surface area (Å²) in [4.78, 5) is 37.3. The monoisotopic (exact) mass is 458 g/mol. The van der Waals surface area contributed by atoms with E-state index in [1.165, 1.54) is 29.2 Å². The number of hydrogen-bond donors (Lipinski definition) is 0. The number of ether oxygens (including phenoxy) is 2. The van der Waals surface area contributed by atoms with Crippen molar-refractivity contribution in [2.24, 2.45) is 0 Å². The maximum Gasteiger partial charge on any atom is 0.410 e. The highest BCUT2D eigenvalue weighted by atomic mass is 16.6. The first-order valence-corrected chi connectivity index (χ1v) is 11.1. The Morgan fingerprint density at radius 2 is 1.56 bits per heavy atom. The second kappa shape index (κ2) is 8.97. The summed E-state index contributed by atoms with van der Waals surface area (Å²) in [5.41, 5.74) is 4.43. The minimum absolute atomic E-state index is 0.0653. The van der Waals surface area contributed by atoms with E-state index in [2.05, 4.69) is 12.1 Å². The lowest BCUT2D eigenvalue weighted by Gasteiger charge is -2.24. The van der Waals surface area contributed by atoms with Crippen molar-refractivity contribution in [2.45, 2.75) is 24.8 Å². The molecule has 1 heterocycles. The molecule has 1 aliphatic heterocycles. The van der Waals surface area contributed by atoms with E-state index in [4.69, 9.17) is 9.47 Å². The number of benzene rings is 3. The number of esters is 1. The van der Waals surface area contributed by atoms with Crippen molar-refractivity contribution in [1.82, 2.24) is 4.90 Å². The number of carbonyl (C=O) groups is 2. The molecule has 0 aromatic heterocycles. The molecule has 1 atom stereocenters. The highest BCUT2D eigenvalue weighted by molar-refractivity contribution is 5.84. The Kier molecular flexibility index (Phi) is 5.71. The molecule has 8 heteroatoms. The molecule has 3 aromatic rings. The van der Waals surface area contributed by atoms with E-state index in [0.29, 0.717) is 19.4 Å². The van der Waals surface area contributed by atoms with Crippen LogP contribution in [0.4, 0.5) is 10.5 Å². The highest BCUT2D eigenvalue weighted by Gasteiger charge is 2.37. The third kappa shape index (κ3) is 3.98. The number of nitro groups is 1. The number of nitro benzene ring substituents is 1. The Morgan fingerprint density at radius 3 is 2.18 bits per heavy atom. The van der Waals surface area contributed by atoms with E-state index in [0.717, 1.165) is 22.3 Å². The van der Waals surface area contributed by atoms with E-state index in [1.807, 2.05) is 36.4 Å². The van der Waals surface area contributed by atoms with Crippen LogP contribution in [0.25, 0.3) is 11.1 Å². The molecule has 3 aromatic carbocycles. The van der Waals surface area contributed by atoms with Gasteiger partial charge in [0, 0.05) is 24.6 Å². The van der Waals surface area contributed by atoms with E-state index >= 15 is 0 Å². The Bertz CT molecular complexity index is 1210. The lowest BCUT2D eigenvalue weighted by molar-refractivity contribution is -0.384. The molecule has 0 N–H and O–H groups in total. The van der Waals surface area contributed by atoms with Crippen LogP contribution in [0.15, 0.2) is 72.8 Å². The summed E-state index contributed by atoms with van der Waals surface area (Å²) >= 11 is 0. The van der Waals surface area contributed by atoms with Crippen LogP contribution in [0.3, 0.4) is 0 Å². The van der Waals surface area contributed by atoms with Crippen molar-refractivity contribution in [1.29, 1.82) is 0 Å². The van der Waals surface area contributed by atoms with Gasteiger partial charge in [0.2, 0.25) is 0 Å². The summed E-state index contributed by atoms with van der Waals surface area (Å²) in [6.45, 7) is 0.574. The van der Waals surface area contributed by atoms with Gasteiger partial charge in [-0.05, 0) is 47.2 Å². The first-order chi connectivity index (χ1) is 16.5. The first-order valence-electron chi connectivity index (χ1n) is 11.1. The van der Waals surface area contributed by atoms with Gasteiger partial charge in [0.1, 0.15) is 18.4 Å². The van der Waals surface area contributed by atoms with E-state index in [-0.39, 0.29) is 24.0 Å². The van der Waals surface area contributed by atoms with Crippen molar-refractivity contribution in [3.8, 4) is 16.9 Å². The summed E-state index contributed by atoms with van der Waals surface area (Å²) in [7, 11) is 0. The first kappa shape index (κ1) is 21.6. The predicted octanol–water partition coefficient (Wildman–Crippen LogP) is 4.91. The number of nitrogens with zero attached hydrogens (tertiary/aromatic N) is 2. The van der Waals surface area contributed by atoms with Crippen LogP contribution in [0.1, 0.15) is 29.9 Å². The van der Waals surface area contributed by atoms with Gasteiger partial charge in [-0.25, -0.2) is 9.59 Å². The molecule has 0 saturated carbocycles. The summed E-state index contributed by atoms with van der Waals surface area (Å²) in [6, 6.07) is 20.7. The maximum atomic E-state index is 12.9. The number of carbonyl (C=O) groups excluding carboxylic acids is 2. The smallest absolute Gasteiger partial charge is 0.410 e. The number of hydrogen-bond acceptors (Lipinski definition) is 6. The van der Waals surface area contributed by atoms with Gasteiger partial charge in [-0.15, -0.1) is 0 Å². The van der Waals surface area contributed by atoms with E-state index < -0.39 is 23.0 Å². The average molecular weight is 458 g/mol. The zero-order valence-electron chi connectivity index (χ0n) is 18.3. The Labute approximate surface area is 195 Å². The van der Waals surface area contributed by atoms with Crippen LogP contribution in [0.5, 0.6) is 5.75 Å². The molecular formula is C26H22N2O6. The Balaban J connectivity index is 1.25. The Morgan fingerprint density at radius 1 is 0.941 bits per heavy atom. The van der Waals surface area contributed by atoms with Crippen LogP contribution in [0.2, 0.25) is 0 Å². The molecule has 0 spiro atoms. The average Bonchev–Trinajstić information content (AvgIpc) is 3.47. The number of fused-ring (bicyclic) bond motifs is 3. The van der Waals surface area contributed by atoms with Crippen LogP contribution in [-0.4, -0.2) is 41.1 Å². The van der Waals surface area contributed by atoms with Crippen molar-refractivity contribution >= 4 is 17.7 Å². The third-order valence-electron chi connectivity index (χ3n) is 6.36. The fourth-order valence-electron chi connectivity index (χ4n) is 4.73. The van der Waals surface area contributed by atoms with Gasteiger partial charge in [-0.2, -0.15) is 0 Å². The number of non-ortho nitro benzene ring substituents is 1. The topological polar surface area (TPSA) is 99.0 Å². The summed E-state index contributed by atoms with van der Waals surface area (Å²) in [6.07, 6.45) is 0.574. The van der Waals surface area contributed by atoms with Crippen LogP contribution < -0.4 is 4.74 Å². The maximum absolute atomic E-state index is 12.9. The van der Waals surface area contributed by atoms with Gasteiger partial charge in [-0.3, -0.25) is 15.0 Å². The molecule has 1 amide bonds. The predicted molar refractivity (Wildman–Crippen MR) is 124 cm³/mol. The molecule has 0 bridgehead atoms. The molecule has 172 valence electrons. The zero-order chi connectivity index (χ0) is 23.7. The van der Waals surface area contributed by atoms with Crippen molar-refractivity contribution < 1.29 is 24.0 Å².